The molecule has 1 aromatic heterocycles. The molecule has 0 saturated heterocycles. The molecule has 0 radical (unpaired) electrons. The van der Waals surface area contributed by atoms with E-state index in [1.54, 1.807) is 6.92 Å². The van der Waals surface area contributed by atoms with Gasteiger partial charge in [-0.1, -0.05) is 29.8 Å². The minimum absolute atomic E-state index is 0.109. The third-order valence-electron chi connectivity index (χ3n) is 4.25. The highest BCUT2D eigenvalue weighted by atomic mass is 16.6. The predicted molar refractivity (Wildman–Crippen MR) is 97.0 cm³/mol. The zero-order valence-electron chi connectivity index (χ0n) is 14.3. The normalized spacial score (nSPS) is 11.9. The number of nitro groups is 1. The van der Waals surface area contributed by atoms with E-state index in [2.05, 4.69) is 10.3 Å². The monoisotopic (exact) mass is 351 g/mol. The predicted octanol–water partition coefficient (Wildman–Crippen LogP) is 3.44. The summed E-state index contributed by atoms with van der Waals surface area (Å²) in [5, 5.41) is 14.0. The van der Waals surface area contributed by atoms with E-state index in [-0.39, 0.29) is 17.3 Å². The quantitative estimate of drug-likeness (QED) is 0.318. The number of nitrogens with one attached hydrogen (secondary N) is 2. The number of ketones is 1. The van der Waals surface area contributed by atoms with E-state index in [1.807, 2.05) is 31.2 Å². The Morgan fingerprint density at radius 3 is 2.50 bits per heavy atom. The lowest BCUT2D eigenvalue weighted by atomic mass is 10.0. The topological polar surface area (TPSA) is 105 Å². The number of aryl methyl sites for hydroxylation is 1. The number of fused-ring (bicyclic) bond motifs is 1. The van der Waals surface area contributed by atoms with Crippen LogP contribution in [0, 0.1) is 17.0 Å². The third kappa shape index (κ3) is 3.32. The van der Waals surface area contributed by atoms with Gasteiger partial charge in [-0.3, -0.25) is 19.7 Å². The van der Waals surface area contributed by atoms with Crippen LogP contribution in [0.4, 0.5) is 5.69 Å². The molecule has 0 aliphatic rings. The van der Waals surface area contributed by atoms with E-state index in [0.29, 0.717) is 10.9 Å². The fraction of sp³-hybridized carbons (Fsp3) is 0.158. The molecule has 1 atom stereocenters. The second kappa shape index (κ2) is 6.79. The summed E-state index contributed by atoms with van der Waals surface area (Å²) in [5.41, 5.74) is 2.50. The molecule has 0 aliphatic heterocycles. The highest BCUT2D eigenvalue weighted by Crippen LogP contribution is 2.24. The van der Waals surface area contributed by atoms with Gasteiger partial charge in [-0.05, 0) is 25.5 Å². The molecule has 3 rings (SSSR count). The lowest BCUT2D eigenvalue weighted by molar-refractivity contribution is -0.384. The number of non-ortho nitro benzene ring substituents is 1. The number of carbonyl (C=O) groups excluding carboxylic acids is 2. The first kappa shape index (κ1) is 17.3. The number of aromatic amines is 1. The number of amides is 1. The van der Waals surface area contributed by atoms with Crippen molar-refractivity contribution in [1.82, 2.24) is 10.3 Å². The highest BCUT2D eigenvalue weighted by molar-refractivity contribution is 6.45. The molecule has 2 N–H and O–H groups in total. The van der Waals surface area contributed by atoms with E-state index in [9.17, 15) is 19.7 Å². The van der Waals surface area contributed by atoms with Crippen molar-refractivity contribution in [3.8, 4) is 0 Å². The van der Waals surface area contributed by atoms with Crippen molar-refractivity contribution in [2.75, 3.05) is 0 Å². The summed E-state index contributed by atoms with van der Waals surface area (Å²) in [6.07, 6.45) is 1.40. The Labute approximate surface area is 149 Å². The van der Waals surface area contributed by atoms with Gasteiger partial charge in [-0.2, -0.15) is 0 Å². The first-order valence-electron chi connectivity index (χ1n) is 8.04. The van der Waals surface area contributed by atoms with Crippen LogP contribution < -0.4 is 5.32 Å². The molecule has 0 unspecified atom stereocenters. The maximum absolute atomic E-state index is 12.5. The number of rotatable bonds is 5. The van der Waals surface area contributed by atoms with Crippen LogP contribution in [-0.2, 0) is 4.79 Å². The fourth-order valence-corrected chi connectivity index (χ4v) is 2.73. The average molecular weight is 351 g/mol. The number of nitro benzene ring substituents is 1. The SMILES string of the molecule is Cc1ccc([C@@H](C)NC(=O)C(=O)c2c[nH]c3ccc([N+](=O)[O-])cc23)cc1. The van der Waals surface area contributed by atoms with Gasteiger partial charge in [0.25, 0.3) is 17.4 Å². The lowest BCUT2D eigenvalue weighted by Crippen LogP contribution is -2.33. The number of H-pyrrole nitrogens is 1. The zero-order chi connectivity index (χ0) is 18.8. The van der Waals surface area contributed by atoms with Gasteiger partial charge in [-0.15, -0.1) is 0 Å². The van der Waals surface area contributed by atoms with E-state index in [4.69, 9.17) is 0 Å². The van der Waals surface area contributed by atoms with Gasteiger partial charge in [0.05, 0.1) is 16.5 Å². The molecular formula is C19H17N3O4. The third-order valence-corrected chi connectivity index (χ3v) is 4.25. The first-order valence-corrected chi connectivity index (χ1v) is 8.04. The van der Waals surface area contributed by atoms with Gasteiger partial charge in [0.15, 0.2) is 0 Å². The summed E-state index contributed by atoms with van der Waals surface area (Å²) >= 11 is 0. The van der Waals surface area contributed by atoms with Crippen LogP contribution in [0.3, 0.4) is 0 Å². The Balaban J connectivity index is 1.83. The second-order valence-corrected chi connectivity index (χ2v) is 6.12. The molecule has 3 aromatic rings. The molecule has 0 bridgehead atoms. The molecule has 132 valence electrons. The van der Waals surface area contributed by atoms with Gasteiger partial charge in [0.2, 0.25) is 0 Å². The Kier molecular flexibility index (Phi) is 4.53. The Hall–Kier alpha value is -3.48. The molecular weight excluding hydrogens is 334 g/mol. The molecule has 0 aliphatic carbocycles. The highest BCUT2D eigenvalue weighted by Gasteiger charge is 2.23. The summed E-state index contributed by atoms with van der Waals surface area (Å²) in [6.45, 7) is 3.75. The van der Waals surface area contributed by atoms with E-state index < -0.39 is 16.6 Å². The van der Waals surface area contributed by atoms with Gasteiger partial charge in [0, 0.05) is 29.2 Å². The van der Waals surface area contributed by atoms with Crippen molar-refractivity contribution >= 4 is 28.3 Å². The largest absolute Gasteiger partial charge is 0.360 e. The van der Waals surface area contributed by atoms with Crippen LogP contribution in [-0.4, -0.2) is 21.6 Å². The van der Waals surface area contributed by atoms with Crippen LogP contribution >= 0.6 is 0 Å². The van der Waals surface area contributed by atoms with Gasteiger partial charge in [-0.25, -0.2) is 0 Å². The van der Waals surface area contributed by atoms with Crippen LogP contribution in [0.15, 0.2) is 48.7 Å². The molecule has 1 heterocycles. The molecule has 26 heavy (non-hydrogen) atoms. The number of carbonyl (C=O) groups is 2. The van der Waals surface area contributed by atoms with Crippen molar-refractivity contribution < 1.29 is 14.5 Å². The average Bonchev–Trinajstić information content (AvgIpc) is 3.04. The number of hydrogen-bond acceptors (Lipinski definition) is 4. The van der Waals surface area contributed by atoms with Crippen LogP contribution in [0.1, 0.15) is 34.5 Å². The van der Waals surface area contributed by atoms with E-state index in [0.717, 1.165) is 11.1 Å². The van der Waals surface area contributed by atoms with Crippen molar-refractivity contribution in [3.63, 3.8) is 0 Å². The summed E-state index contributed by atoms with van der Waals surface area (Å²) < 4.78 is 0. The minimum Gasteiger partial charge on any atom is -0.360 e. The van der Waals surface area contributed by atoms with E-state index >= 15 is 0 Å². The Bertz CT molecular complexity index is 1010. The van der Waals surface area contributed by atoms with Gasteiger partial charge in [0.1, 0.15) is 0 Å². The first-order chi connectivity index (χ1) is 12.4. The summed E-state index contributed by atoms with van der Waals surface area (Å²) in [5.74, 6) is -1.50. The minimum atomic E-state index is -0.759. The van der Waals surface area contributed by atoms with E-state index in [1.165, 1.54) is 24.4 Å². The van der Waals surface area contributed by atoms with Crippen molar-refractivity contribution in [2.45, 2.75) is 19.9 Å². The molecule has 0 spiro atoms. The molecule has 7 heteroatoms. The summed E-state index contributed by atoms with van der Waals surface area (Å²) in [4.78, 5) is 38.1. The molecule has 7 nitrogen and oxygen atoms in total. The number of nitrogens with zero attached hydrogens (tertiary/aromatic N) is 1. The number of aromatic nitrogens is 1. The lowest BCUT2D eigenvalue weighted by Gasteiger charge is -2.13. The number of benzene rings is 2. The Morgan fingerprint density at radius 1 is 1.15 bits per heavy atom. The van der Waals surface area contributed by atoms with Gasteiger partial charge >= 0.3 is 0 Å². The van der Waals surface area contributed by atoms with Crippen molar-refractivity contribution in [2.24, 2.45) is 0 Å². The number of hydrogen-bond donors (Lipinski definition) is 2. The second-order valence-electron chi connectivity index (χ2n) is 6.12. The van der Waals surface area contributed by atoms with Crippen LogP contribution in [0.25, 0.3) is 10.9 Å². The van der Waals surface area contributed by atoms with Crippen molar-refractivity contribution in [1.29, 1.82) is 0 Å². The molecule has 0 fully saturated rings. The maximum atomic E-state index is 12.5. The summed E-state index contributed by atoms with van der Waals surface area (Å²) in [6, 6.07) is 11.4. The van der Waals surface area contributed by atoms with Crippen LogP contribution in [0.2, 0.25) is 0 Å². The fourth-order valence-electron chi connectivity index (χ4n) is 2.73. The molecule has 1 amide bonds. The maximum Gasteiger partial charge on any atom is 0.292 e. The molecule has 2 aromatic carbocycles. The van der Waals surface area contributed by atoms with Gasteiger partial charge < -0.3 is 10.3 Å². The Morgan fingerprint density at radius 2 is 1.85 bits per heavy atom. The summed E-state index contributed by atoms with van der Waals surface area (Å²) in [7, 11) is 0. The zero-order valence-corrected chi connectivity index (χ0v) is 14.3. The number of Topliss-reactive ketones (excluding diaryl/α,β-unsaturated/α-hetero) is 1. The van der Waals surface area contributed by atoms with Crippen LogP contribution in [0.5, 0.6) is 0 Å². The van der Waals surface area contributed by atoms with Crippen molar-refractivity contribution in [3.05, 3.63) is 75.5 Å². The standard InChI is InChI=1S/C19H17N3O4/c1-11-3-5-13(6-4-11)12(2)21-19(24)18(23)16-10-20-17-8-7-14(22(25)26)9-15(16)17/h3-10,12,20H,1-2H3,(H,21,24)/t12-/m1/s1. The molecule has 0 saturated carbocycles. The smallest absolute Gasteiger partial charge is 0.292 e.